The zero-order valence-corrected chi connectivity index (χ0v) is 20.3. The normalized spacial score (nSPS) is 21.4. The molecule has 0 amide bonds. The molecule has 2 heterocycles. The van der Waals surface area contributed by atoms with Crippen LogP contribution in [0, 0.1) is 12.8 Å². The summed E-state index contributed by atoms with van der Waals surface area (Å²) in [5.41, 5.74) is 6.65. The number of aryl methyl sites for hydroxylation is 1. The van der Waals surface area contributed by atoms with E-state index in [1.165, 1.54) is 5.56 Å². The molecule has 0 saturated heterocycles. The Balaban J connectivity index is 1.81. The number of nitrogens with one attached hydrogen (secondary N) is 2. The third-order valence-electron chi connectivity index (χ3n) is 7.37. The first kappa shape index (κ1) is 21.8. The van der Waals surface area contributed by atoms with Gasteiger partial charge in [-0.15, -0.1) is 0 Å². The highest BCUT2D eigenvalue weighted by molar-refractivity contribution is 6.35. The summed E-state index contributed by atoms with van der Waals surface area (Å²) < 4.78 is 0. The molecule has 4 aromatic rings. The lowest BCUT2D eigenvalue weighted by molar-refractivity contribution is -0.114. The van der Waals surface area contributed by atoms with Gasteiger partial charge in [-0.2, -0.15) is 0 Å². The molecule has 0 aliphatic carbocycles. The lowest BCUT2D eigenvalue weighted by Crippen LogP contribution is -2.56. The predicted molar refractivity (Wildman–Crippen MR) is 138 cm³/mol. The fourth-order valence-electron chi connectivity index (χ4n) is 5.89. The number of carbonyl (C=O) groups excluding carboxylic acids is 1. The van der Waals surface area contributed by atoms with Gasteiger partial charge in [0.15, 0.2) is 0 Å². The molecule has 2 atom stereocenters. The molecule has 3 aromatic carbocycles. The maximum atomic E-state index is 12.6. The number of benzene rings is 3. The molecule has 3 nitrogen and oxygen atoms in total. The third-order valence-corrected chi connectivity index (χ3v) is 7.76. The third kappa shape index (κ3) is 3.38. The molecule has 0 fully saturated rings. The molecule has 4 heteroatoms. The Labute approximate surface area is 200 Å². The molecule has 1 aliphatic rings. The van der Waals surface area contributed by atoms with Crippen molar-refractivity contribution in [2.24, 2.45) is 5.92 Å². The van der Waals surface area contributed by atoms with E-state index in [0.29, 0.717) is 5.02 Å². The van der Waals surface area contributed by atoms with Gasteiger partial charge < -0.3 is 15.1 Å². The van der Waals surface area contributed by atoms with Crippen molar-refractivity contribution in [2.45, 2.75) is 45.1 Å². The van der Waals surface area contributed by atoms with Crippen molar-refractivity contribution in [1.29, 1.82) is 0 Å². The summed E-state index contributed by atoms with van der Waals surface area (Å²) >= 11 is 7.30. The molecule has 2 N–H and O–H groups in total. The first-order valence-electron chi connectivity index (χ1n) is 11.4. The van der Waals surface area contributed by atoms with Crippen molar-refractivity contribution in [3.63, 3.8) is 0 Å². The number of halogens is 1. The molecular weight excluding hydrogens is 428 g/mol. The zero-order chi connectivity index (χ0) is 23.4. The van der Waals surface area contributed by atoms with Crippen LogP contribution in [-0.2, 0) is 16.6 Å². The molecule has 1 aromatic heterocycles. The van der Waals surface area contributed by atoms with Crippen LogP contribution in [0.3, 0.4) is 0 Å². The van der Waals surface area contributed by atoms with Crippen LogP contribution < -0.4 is 5.32 Å². The average Bonchev–Trinajstić information content (AvgIpc) is 3.25. The van der Waals surface area contributed by atoms with Gasteiger partial charge in [-0.3, -0.25) is 0 Å². The van der Waals surface area contributed by atoms with E-state index in [4.69, 9.17) is 11.6 Å². The van der Waals surface area contributed by atoms with Gasteiger partial charge in [0.25, 0.3) is 0 Å². The van der Waals surface area contributed by atoms with E-state index in [-0.39, 0.29) is 5.92 Å². The zero-order valence-electron chi connectivity index (χ0n) is 19.5. The highest BCUT2D eigenvalue weighted by Gasteiger charge is 2.51. The number of para-hydroxylation sites is 1. The molecule has 33 heavy (non-hydrogen) atoms. The van der Waals surface area contributed by atoms with Gasteiger partial charge in [0.1, 0.15) is 6.29 Å². The molecule has 5 rings (SSSR count). The van der Waals surface area contributed by atoms with Gasteiger partial charge in [0.2, 0.25) is 0 Å². The second-order valence-corrected chi connectivity index (χ2v) is 10.5. The molecule has 168 valence electrons. The van der Waals surface area contributed by atoms with E-state index in [1.54, 1.807) is 0 Å². The Morgan fingerprint density at radius 3 is 2.48 bits per heavy atom. The maximum absolute atomic E-state index is 12.6. The number of hydrogen-bond acceptors (Lipinski definition) is 2. The number of aldehydes is 1. The van der Waals surface area contributed by atoms with Gasteiger partial charge in [-0.05, 0) is 55.8 Å². The topological polar surface area (TPSA) is 44.9 Å². The van der Waals surface area contributed by atoms with Gasteiger partial charge >= 0.3 is 0 Å². The summed E-state index contributed by atoms with van der Waals surface area (Å²) in [5.74, 6) is -0.258. The van der Waals surface area contributed by atoms with E-state index in [0.717, 1.165) is 51.6 Å². The maximum Gasteiger partial charge on any atom is 0.126 e. The van der Waals surface area contributed by atoms with E-state index in [2.05, 4.69) is 92.6 Å². The molecule has 1 aliphatic heterocycles. The van der Waals surface area contributed by atoms with Crippen molar-refractivity contribution in [3.8, 4) is 11.1 Å². The monoisotopic (exact) mass is 456 g/mol. The summed E-state index contributed by atoms with van der Waals surface area (Å²) in [6, 6.07) is 20.9. The second kappa shape index (κ2) is 7.78. The fraction of sp³-hybridized carbons (Fsp3) is 0.276. The van der Waals surface area contributed by atoms with E-state index < -0.39 is 11.0 Å². The minimum Gasteiger partial charge on any atom is -0.379 e. The average molecular weight is 457 g/mol. The standard InChI is InChI=1S/C29H29ClN2O/c1-18-15-22(21-12-8-11-20-13-14-31-27(20)21)25(30)24-26(18)32-28(2,3)23(17-33)29(24,4)16-19-9-6-5-7-10-19/h5-15,17,23,31-32H,16H2,1-4H3. The van der Waals surface area contributed by atoms with Crippen LogP contribution in [0.15, 0.2) is 66.9 Å². The van der Waals surface area contributed by atoms with Crippen LogP contribution in [0.5, 0.6) is 0 Å². The Kier molecular flexibility index (Phi) is 5.13. The van der Waals surface area contributed by atoms with Crippen LogP contribution >= 0.6 is 11.6 Å². The van der Waals surface area contributed by atoms with Gasteiger partial charge in [0, 0.05) is 45.4 Å². The lowest BCUT2D eigenvalue weighted by Gasteiger charge is -2.51. The Hall–Kier alpha value is -3.04. The summed E-state index contributed by atoms with van der Waals surface area (Å²) in [7, 11) is 0. The van der Waals surface area contributed by atoms with Crippen LogP contribution in [0.4, 0.5) is 5.69 Å². The number of fused-ring (bicyclic) bond motifs is 2. The smallest absolute Gasteiger partial charge is 0.126 e. The van der Waals surface area contributed by atoms with Gasteiger partial charge in [-0.1, -0.05) is 67.1 Å². The number of anilines is 1. The molecule has 0 bridgehead atoms. The SMILES string of the molecule is Cc1cc(-c2cccc3cc[nH]c23)c(Cl)c2c1NC(C)(C)C(C=O)C2(C)Cc1ccccc1. The van der Waals surface area contributed by atoms with Gasteiger partial charge in [0.05, 0.1) is 10.5 Å². The number of H-pyrrole nitrogens is 1. The minimum absolute atomic E-state index is 0.258. The molecule has 2 unspecified atom stereocenters. The van der Waals surface area contributed by atoms with Crippen LogP contribution in [-0.4, -0.2) is 16.8 Å². The summed E-state index contributed by atoms with van der Waals surface area (Å²) in [4.78, 5) is 16.0. The van der Waals surface area contributed by atoms with E-state index in [1.807, 2.05) is 12.3 Å². The number of rotatable bonds is 4. The van der Waals surface area contributed by atoms with Gasteiger partial charge in [-0.25, -0.2) is 0 Å². The fourth-order valence-corrected chi connectivity index (χ4v) is 6.35. The Morgan fingerprint density at radius 1 is 1.00 bits per heavy atom. The Morgan fingerprint density at radius 2 is 1.76 bits per heavy atom. The van der Waals surface area contributed by atoms with Crippen molar-refractivity contribution >= 4 is 34.5 Å². The number of aromatic nitrogens is 1. The number of hydrogen-bond donors (Lipinski definition) is 2. The van der Waals surface area contributed by atoms with Crippen LogP contribution in [0.2, 0.25) is 5.02 Å². The van der Waals surface area contributed by atoms with Crippen molar-refractivity contribution in [1.82, 2.24) is 4.98 Å². The molecule has 0 radical (unpaired) electrons. The molecular formula is C29H29ClN2O. The van der Waals surface area contributed by atoms with E-state index in [9.17, 15) is 4.79 Å². The van der Waals surface area contributed by atoms with Crippen LogP contribution in [0.1, 0.15) is 37.5 Å². The summed E-state index contributed by atoms with van der Waals surface area (Å²) in [6.07, 6.45) is 3.80. The first-order valence-corrected chi connectivity index (χ1v) is 11.8. The minimum atomic E-state index is -0.478. The summed E-state index contributed by atoms with van der Waals surface area (Å²) in [6.45, 7) is 8.55. The quantitative estimate of drug-likeness (QED) is 0.316. The predicted octanol–water partition coefficient (Wildman–Crippen LogP) is 7.32. The highest BCUT2D eigenvalue weighted by Crippen LogP contribution is 2.54. The summed E-state index contributed by atoms with van der Waals surface area (Å²) in [5, 5.41) is 5.54. The molecule has 0 saturated carbocycles. The van der Waals surface area contributed by atoms with Crippen LogP contribution in [0.25, 0.3) is 22.0 Å². The Bertz CT molecular complexity index is 1360. The number of aromatic amines is 1. The van der Waals surface area contributed by atoms with Crippen molar-refractivity contribution in [2.75, 3.05) is 5.32 Å². The lowest BCUT2D eigenvalue weighted by atomic mass is 9.59. The van der Waals surface area contributed by atoms with E-state index >= 15 is 0 Å². The number of carbonyl (C=O) groups is 1. The second-order valence-electron chi connectivity index (χ2n) is 10.1. The first-order chi connectivity index (χ1) is 15.8. The van der Waals surface area contributed by atoms with Crippen molar-refractivity contribution < 1.29 is 4.79 Å². The van der Waals surface area contributed by atoms with Crippen molar-refractivity contribution in [3.05, 3.63) is 88.6 Å². The molecule has 0 spiro atoms. The largest absolute Gasteiger partial charge is 0.379 e. The highest BCUT2D eigenvalue weighted by atomic mass is 35.5.